The maximum Gasteiger partial charge on any atom is 0.241 e. The summed E-state index contributed by atoms with van der Waals surface area (Å²) in [6.45, 7) is 3.17. The van der Waals surface area contributed by atoms with E-state index in [1.54, 1.807) is 0 Å². The van der Waals surface area contributed by atoms with Gasteiger partial charge >= 0.3 is 0 Å². The second-order valence-electron chi connectivity index (χ2n) is 5.29. The van der Waals surface area contributed by atoms with Crippen LogP contribution in [0.2, 0.25) is 0 Å². The predicted molar refractivity (Wildman–Crippen MR) is 79.3 cm³/mol. The van der Waals surface area contributed by atoms with Crippen molar-refractivity contribution in [2.45, 2.75) is 51.5 Å². The van der Waals surface area contributed by atoms with Crippen LogP contribution in [0, 0.1) is 0 Å². The summed E-state index contributed by atoms with van der Waals surface area (Å²) >= 11 is 0. The minimum Gasteiger partial charge on any atom is -0.325 e. The van der Waals surface area contributed by atoms with E-state index in [9.17, 15) is 4.79 Å². The summed E-state index contributed by atoms with van der Waals surface area (Å²) in [6.07, 6.45) is 6.95. The molecule has 1 fully saturated rings. The molecule has 3 nitrogen and oxygen atoms in total. The minimum atomic E-state index is -0.00997. The molecule has 1 atom stereocenters. The third-order valence-electron chi connectivity index (χ3n) is 3.67. The first-order valence-electron chi connectivity index (χ1n) is 7.43. The van der Waals surface area contributed by atoms with Gasteiger partial charge in [0, 0.05) is 5.69 Å². The number of nitrogens with one attached hydrogen (secondary N) is 2. The molecule has 2 N–H and O–H groups in total. The summed E-state index contributed by atoms with van der Waals surface area (Å²) in [6, 6.07) is 8.24. The third kappa shape index (κ3) is 4.35. The molecule has 1 aliphatic heterocycles. The lowest BCUT2D eigenvalue weighted by atomic mass is 10.1. The normalized spacial score (nSPS) is 18.5. The largest absolute Gasteiger partial charge is 0.325 e. The van der Waals surface area contributed by atoms with Crippen molar-refractivity contribution < 1.29 is 4.79 Å². The Kier molecular flexibility index (Phi) is 5.40. The maximum atomic E-state index is 11.9. The van der Waals surface area contributed by atoms with E-state index in [1.165, 1.54) is 24.8 Å². The van der Waals surface area contributed by atoms with Crippen molar-refractivity contribution in [3.63, 3.8) is 0 Å². The number of aryl methyl sites for hydroxylation is 1. The van der Waals surface area contributed by atoms with Crippen LogP contribution in [0.3, 0.4) is 0 Å². The number of benzene rings is 1. The summed E-state index contributed by atoms with van der Waals surface area (Å²) in [5.74, 6) is 0.0937. The molecule has 0 aliphatic carbocycles. The van der Waals surface area contributed by atoms with Crippen LogP contribution in [0.4, 0.5) is 5.69 Å². The number of hydrogen-bond donors (Lipinski definition) is 2. The van der Waals surface area contributed by atoms with Crippen LogP contribution >= 0.6 is 0 Å². The van der Waals surface area contributed by atoms with Crippen LogP contribution < -0.4 is 10.6 Å². The minimum absolute atomic E-state index is 0.00997. The molecule has 0 aromatic heterocycles. The molecule has 0 spiro atoms. The highest BCUT2D eigenvalue weighted by atomic mass is 16.2. The smallest absolute Gasteiger partial charge is 0.241 e. The molecule has 1 heterocycles. The molecule has 0 bridgehead atoms. The van der Waals surface area contributed by atoms with E-state index in [-0.39, 0.29) is 11.9 Å². The van der Waals surface area contributed by atoms with Gasteiger partial charge in [-0.2, -0.15) is 0 Å². The Balaban J connectivity index is 1.82. The van der Waals surface area contributed by atoms with Gasteiger partial charge in [0.05, 0.1) is 6.04 Å². The van der Waals surface area contributed by atoms with Crippen molar-refractivity contribution in [2.75, 3.05) is 11.9 Å². The molecule has 1 saturated heterocycles. The van der Waals surface area contributed by atoms with Crippen molar-refractivity contribution in [1.29, 1.82) is 0 Å². The van der Waals surface area contributed by atoms with Crippen LogP contribution in [0.25, 0.3) is 0 Å². The van der Waals surface area contributed by atoms with E-state index in [0.717, 1.165) is 31.5 Å². The van der Waals surface area contributed by atoms with Crippen LogP contribution in [-0.2, 0) is 11.2 Å². The zero-order valence-corrected chi connectivity index (χ0v) is 11.7. The summed E-state index contributed by atoms with van der Waals surface area (Å²) < 4.78 is 0. The first-order chi connectivity index (χ1) is 9.29. The second-order valence-corrected chi connectivity index (χ2v) is 5.29. The number of amides is 1. The van der Waals surface area contributed by atoms with Crippen LogP contribution in [-0.4, -0.2) is 18.5 Å². The van der Waals surface area contributed by atoms with E-state index in [0.29, 0.717) is 0 Å². The zero-order valence-electron chi connectivity index (χ0n) is 11.7. The Labute approximate surface area is 115 Å². The van der Waals surface area contributed by atoms with Crippen molar-refractivity contribution in [2.24, 2.45) is 0 Å². The molecule has 1 aromatic carbocycles. The van der Waals surface area contributed by atoms with E-state index in [1.807, 2.05) is 12.1 Å². The average Bonchev–Trinajstić information content (AvgIpc) is 2.95. The fourth-order valence-corrected chi connectivity index (χ4v) is 2.47. The standard InChI is InChI=1S/C16H24N2O/c1-2-3-4-6-13-8-10-14(11-9-13)18-16(19)15-7-5-12-17-15/h8-11,15,17H,2-7,12H2,1H3,(H,18,19). The second kappa shape index (κ2) is 7.29. The summed E-state index contributed by atoms with van der Waals surface area (Å²) in [7, 11) is 0. The Morgan fingerprint density at radius 2 is 2.11 bits per heavy atom. The SMILES string of the molecule is CCCCCc1ccc(NC(=O)C2CCCN2)cc1. The van der Waals surface area contributed by atoms with Gasteiger partial charge in [0.1, 0.15) is 0 Å². The lowest BCUT2D eigenvalue weighted by molar-refractivity contribution is -0.117. The van der Waals surface area contributed by atoms with Crippen molar-refractivity contribution in [3.05, 3.63) is 29.8 Å². The maximum absolute atomic E-state index is 11.9. The van der Waals surface area contributed by atoms with Gasteiger partial charge in [-0.1, -0.05) is 31.9 Å². The van der Waals surface area contributed by atoms with Gasteiger partial charge in [-0.25, -0.2) is 0 Å². The number of carbonyl (C=O) groups excluding carboxylic acids is 1. The Bertz CT molecular complexity index is 394. The van der Waals surface area contributed by atoms with Gasteiger partial charge in [-0.15, -0.1) is 0 Å². The van der Waals surface area contributed by atoms with Crippen molar-refractivity contribution in [1.82, 2.24) is 5.32 Å². The highest BCUT2D eigenvalue weighted by Crippen LogP contribution is 2.14. The zero-order chi connectivity index (χ0) is 13.5. The molecule has 1 amide bonds. The number of unbranched alkanes of at least 4 members (excludes halogenated alkanes) is 2. The monoisotopic (exact) mass is 260 g/mol. The Morgan fingerprint density at radius 1 is 1.32 bits per heavy atom. The molecule has 1 unspecified atom stereocenters. The highest BCUT2D eigenvalue weighted by Gasteiger charge is 2.21. The molecular weight excluding hydrogens is 236 g/mol. The molecule has 19 heavy (non-hydrogen) atoms. The van der Waals surface area contributed by atoms with Crippen molar-refractivity contribution >= 4 is 11.6 Å². The predicted octanol–water partition coefficient (Wildman–Crippen LogP) is 3.11. The van der Waals surface area contributed by atoms with Gasteiger partial charge in [-0.05, 0) is 49.9 Å². The molecule has 2 rings (SSSR count). The first-order valence-corrected chi connectivity index (χ1v) is 7.43. The van der Waals surface area contributed by atoms with Gasteiger partial charge in [-0.3, -0.25) is 4.79 Å². The molecule has 0 radical (unpaired) electrons. The van der Waals surface area contributed by atoms with Gasteiger partial charge < -0.3 is 10.6 Å². The van der Waals surface area contributed by atoms with E-state index in [4.69, 9.17) is 0 Å². The average molecular weight is 260 g/mol. The van der Waals surface area contributed by atoms with E-state index >= 15 is 0 Å². The summed E-state index contributed by atoms with van der Waals surface area (Å²) in [5, 5.41) is 6.19. The van der Waals surface area contributed by atoms with Gasteiger partial charge in [0.2, 0.25) is 5.91 Å². The Morgan fingerprint density at radius 3 is 2.74 bits per heavy atom. The lowest BCUT2D eigenvalue weighted by Gasteiger charge is -2.11. The first kappa shape index (κ1) is 14.1. The highest BCUT2D eigenvalue weighted by molar-refractivity contribution is 5.95. The molecule has 0 saturated carbocycles. The van der Waals surface area contributed by atoms with Crippen LogP contribution in [0.5, 0.6) is 0 Å². The fourth-order valence-electron chi connectivity index (χ4n) is 2.47. The third-order valence-corrected chi connectivity index (χ3v) is 3.67. The summed E-state index contributed by atoms with van der Waals surface area (Å²) in [5.41, 5.74) is 2.25. The molecule has 1 aromatic rings. The fraction of sp³-hybridized carbons (Fsp3) is 0.562. The molecule has 3 heteroatoms. The summed E-state index contributed by atoms with van der Waals surface area (Å²) in [4.78, 5) is 11.9. The molecular formula is C16H24N2O. The van der Waals surface area contributed by atoms with E-state index in [2.05, 4.69) is 29.7 Å². The number of rotatable bonds is 6. The Hall–Kier alpha value is -1.35. The van der Waals surface area contributed by atoms with Crippen molar-refractivity contribution in [3.8, 4) is 0 Å². The van der Waals surface area contributed by atoms with Gasteiger partial charge in [0.15, 0.2) is 0 Å². The topological polar surface area (TPSA) is 41.1 Å². The van der Waals surface area contributed by atoms with Crippen LogP contribution in [0.15, 0.2) is 24.3 Å². The number of anilines is 1. The van der Waals surface area contributed by atoms with E-state index < -0.39 is 0 Å². The molecule has 1 aliphatic rings. The molecule has 104 valence electrons. The van der Waals surface area contributed by atoms with Crippen LogP contribution in [0.1, 0.15) is 44.6 Å². The lowest BCUT2D eigenvalue weighted by Crippen LogP contribution is -2.35. The number of carbonyl (C=O) groups is 1. The van der Waals surface area contributed by atoms with Gasteiger partial charge in [0.25, 0.3) is 0 Å². The number of hydrogen-bond acceptors (Lipinski definition) is 2. The quantitative estimate of drug-likeness (QED) is 0.772.